The molecule has 0 aromatic heterocycles. The number of aliphatic hydroxyl groups excluding tert-OH is 1. The van der Waals surface area contributed by atoms with Crippen LogP contribution in [0.2, 0.25) is 0 Å². The molecule has 1 aliphatic rings. The summed E-state index contributed by atoms with van der Waals surface area (Å²) in [6.07, 6.45) is 1.69. The molecule has 0 bridgehead atoms. The molecule has 0 spiro atoms. The number of aliphatic carboxylic acids is 1. The largest absolute Gasteiger partial charge is 0.481 e. The Hall–Kier alpha value is -1.39. The zero-order valence-corrected chi connectivity index (χ0v) is 12.1. The summed E-state index contributed by atoms with van der Waals surface area (Å²) in [6.45, 7) is 4.99. The molecule has 3 unspecified atom stereocenters. The first kappa shape index (κ1) is 15.0. The quantitative estimate of drug-likeness (QED) is 0.886. The molecule has 1 saturated heterocycles. The summed E-state index contributed by atoms with van der Waals surface area (Å²) in [4.78, 5) is 13.6. The first-order valence-corrected chi connectivity index (χ1v) is 7.20. The zero-order valence-electron chi connectivity index (χ0n) is 12.1. The van der Waals surface area contributed by atoms with E-state index in [-0.39, 0.29) is 18.6 Å². The Kier molecular flexibility index (Phi) is 4.78. The van der Waals surface area contributed by atoms with Gasteiger partial charge in [-0.05, 0) is 37.8 Å². The van der Waals surface area contributed by atoms with Gasteiger partial charge < -0.3 is 10.2 Å². The summed E-state index contributed by atoms with van der Waals surface area (Å²) in [5, 5.41) is 18.3. The van der Waals surface area contributed by atoms with Gasteiger partial charge >= 0.3 is 5.97 Å². The molecule has 0 saturated carbocycles. The van der Waals surface area contributed by atoms with Crippen molar-refractivity contribution in [1.29, 1.82) is 0 Å². The van der Waals surface area contributed by atoms with Crippen molar-refractivity contribution in [3.63, 3.8) is 0 Å². The number of carboxylic acids is 1. The summed E-state index contributed by atoms with van der Waals surface area (Å²) >= 11 is 0. The van der Waals surface area contributed by atoms with Crippen molar-refractivity contribution in [3.05, 3.63) is 35.4 Å². The molecule has 0 amide bonds. The van der Waals surface area contributed by atoms with E-state index in [0.717, 1.165) is 30.5 Å². The Morgan fingerprint density at radius 3 is 2.35 bits per heavy atom. The van der Waals surface area contributed by atoms with Crippen molar-refractivity contribution in [2.24, 2.45) is 5.92 Å². The summed E-state index contributed by atoms with van der Waals surface area (Å²) in [5.41, 5.74) is 2.06. The van der Waals surface area contributed by atoms with Crippen LogP contribution in [-0.2, 0) is 17.9 Å². The number of hydrogen-bond donors (Lipinski definition) is 2. The molecule has 20 heavy (non-hydrogen) atoms. The monoisotopic (exact) mass is 277 g/mol. The van der Waals surface area contributed by atoms with E-state index in [1.54, 1.807) is 0 Å². The van der Waals surface area contributed by atoms with Gasteiger partial charge in [-0.2, -0.15) is 0 Å². The van der Waals surface area contributed by atoms with Gasteiger partial charge in [0.15, 0.2) is 0 Å². The predicted molar refractivity (Wildman–Crippen MR) is 77.2 cm³/mol. The molecule has 2 N–H and O–H groups in total. The lowest BCUT2D eigenvalue weighted by Crippen LogP contribution is -2.50. The molecule has 0 aliphatic carbocycles. The lowest BCUT2D eigenvalue weighted by Gasteiger charge is -2.42. The minimum atomic E-state index is -0.690. The summed E-state index contributed by atoms with van der Waals surface area (Å²) in [7, 11) is 0. The van der Waals surface area contributed by atoms with E-state index in [4.69, 9.17) is 5.11 Å². The number of carboxylic acid groups (broad SMARTS) is 1. The number of carbonyl (C=O) groups is 1. The van der Waals surface area contributed by atoms with Crippen molar-refractivity contribution in [1.82, 2.24) is 4.90 Å². The molecule has 110 valence electrons. The first-order valence-electron chi connectivity index (χ1n) is 7.20. The van der Waals surface area contributed by atoms with Gasteiger partial charge in [-0.1, -0.05) is 24.3 Å². The summed E-state index contributed by atoms with van der Waals surface area (Å²) < 4.78 is 0. The van der Waals surface area contributed by atoms with E-state index in [9.17, 15) is 9.90 Å². The molecule has 0 radical (unpaired) electrons. The van der Waals surface area contributed by atoms with Crippen LogP contribution < -0.4 is 0 Å². The lowest BCUT2D eigenvalue weighted by molar-refractivity contribution is -0.146. The average molecular weight is 277 g/mol. The Morgan fingerprint density at radius 1 is 1.20 bits per heavy atom. The highest BCUT2D eigenvalue weighted by molar-refractivity contribution is 5.71. The second-order valence-corrected chi connectivity index (χ2v) is 5.76. The molecule has 2 rings (SSSR count). The van der Waals surface area contributed by atoms with Crippen LogP contribution in [0, 0.1) is 5.92 Å². The van der Waals surface area contributed by atoms with Crippen LogP contribution in [0.5, 0.6) is 0 Å². The Labute approximate surface area is 120 Å². The molecular weight excluding hydrogens is 254 g/mol. The standard InChI is InChI=1S/C16H23NO3/c1-11-3-8-15(16(19)20)12(2)17(11)9-13-4-6-14(10-18)7-5-13/h4-7,11-12,15,18H,3,8-10H2,1-2H3,(H,19,20). The highest BCUT2D eigenvalue weighted by Crippen LogP contribution is 2.29. The number of likely N-dealkylation sites (tertiary alicyclic amines) is 1. The molecule has 1 heterocycles. The first-order chi connectivity index (χ1) is 9.52. The van der Waals surface area contributed by atoms with Crippen molar-refractivity contribution < 1.29 is 15.0 Å². The molecule has 1 aromatic rings. The third-order valence-electron chi connectivity index (χ3n) is 4.45. The van der Waals surface area contributed by atoms with Gasteiger partial charge in [-0.15, -0.1) is 0 Å². The number of rotatable bonds is 4. The van der Waals surface area contributed by atoms with Gasteiger partial charge in [0.05, 0.1) is 12.5 Å². The molecular formula is C16H23NO3. The molecule has 3 atom stereocenters. The number of benzene rings is 1. The van der Waals surface area contributed by atoms with Crippen molar-refractivity contribution in [3.8, 4) is 0 Å². The van der Waals surface area contributed by atoms with Gasteiger partial charge in [0.25, 0.3) is 0 Å². The third kappa shape index (κ3) is 3.19. The molecule has 4 heteroatoms. The maximum absolute atomic E-state index is 11.3. The normalized spacial score (nSPS) is 27.4. The van der Waals surface area contributed by atoms with Crippen molar-refractivity contribution in [2.75, 3.05) is 0 Å². The van der Waals surface area contributed by atoms with Gasteiger partial charge in [-0.3, -0.25) is 9.69 Å². The number of piperidine rings is 1. The highest BCUT2D eigenvalue weighted by Gasteiger charge is 2.36. The molecule has 4 nitrogen and oxygen atoms in total. The van der Waals surface area contributed by atoms with E-state index in [1.165, 1.54) is 0 Å². The van der Waals surface area contributed by atoms with Crippen LogP contribution in [0.3, 0.4) is 0 Å². The van der Waals surface area contributed by atoms with Crippen LogP contribution in [-0.4, -0.2) is 33.2 Å². The maximum atomic E-state index is 11.3. The topological polar surface area (TPSA) is 60.8 Å². The second-order valence-electron chi connectivity index (χ2n) is 5.76. The highest BCUT2D eigenvalue weighted by atomic mass is 16.4. The summed E-state index contributed by atoms with van der Waals surface area (Å²) in [6, 6.07) is 8.31. The minimum absolute atomic E-state index is 0.0498. The average Bonchev–Trinajstić information content (AvgIpc) is 2.43. The van der Waals surface area contributed by atoms with E-state index >= 15 is 0 Å². The van der Waals surface area contributed by atoms with Crippen LogP contribution in [0.15, 0.2) is 24.3 Å². The maximum Gasteiger partial charge on any atom is 0.308 e. The van der Waals surface area contributed by atoms with Crippen LogP contribution in [0.1, 0.15) is 37.8 Å². The lowest BCUT2D eigenvalue weighted by atomic mass is 9.86. The van der Waals surface area contributed by atoms with Crippen LogP contribution in [0.4, 0.5) is 0 Å². The van der Waals surface area contributed by atoms with E-state index in [1.807, 2.05) is 31.2 Å². The second kappa shape index (κ2) is 6.37. The van der Waals surface area contributed by atoms with Crippen LogP contribution >= 0.6 is 0 Å². The number of aliphatic hydroxyl groups is 1. The van der Waals surface area contributed by atoms with Gasteiger partial charge in [0.1, 0.15) is 0 Å². The fraction of sp³-hybridized carbons (Fsp3) is 0.562. The third-order valence-corrected chi connectivity index (χ3v) is 4.45. The van der Waals surface area contributed by atoms with Crippen molar-refractivity contribution in [2.45, 2.75) is 51.9 Å². The predicted octanol–water partition coefficient (Wildman–Crippen LogP) is 2.25. The van der Waals surface area contributed by atoms with E-state index in [0.29, 0.717) is 6.04 Å². The van der Waals surface area contributed by atoms with E-state index < -0.39 is 5.97 Å². The molecule has 1 fully saturated rings. The van der Waals surface area contributed by atoms with E-state index in [2.05, 4.69) is 11.8 Å². The molecule has 1 aromatic carbocycles. The van der Waals surface area contributed by atoms with Crippen molar-refractivity contribution >= 4 is 5.97 Å². The Balaban J connectivity index is 2.10. The fourth-order valence-electron chi connectivity index (χ4n) is 3.05. The summed E-state index contributed by atoms with van der Waals surface area (Å²) in [5.74, 6) is -0.965. The van der Waals surface area contributed by atoms with Gasteiger partial charge in [0.2, 0.25) is 0 Å². The van der Waals surface area contributed by atoms with Gasteiger partial charge in [-0.25, -0.2) is 0 Å². The smallest absolute Gasteiger partial charge is 0.308 e. The van der Waals surface area contributed by atoms with Crippen LogP contribution in [0.25, 0.3) is 0 Å². The number of nitrogens with zero attached hydrogens (tertiary/aromatic N) is 1. The zero-order chi connectivity index (χ0) is 14.7. The molecule has 1 aliphatic heterocycles. The minimum Gasteiger partial charge on any atom is -0.481 e. The number of hydrogen-bond acceptors (Lipinski definition) is 3. The van der Waals surface area contributed by atoms with Gasteiger partial charge in [0, 0.05) is 18.6 Å². The fourth-order valence-corrected chi connectivity index (χ4v) is 3.05. The Morgan fingerprint density at radius 2 is 1.80 bits per heavy atom. The Bertz CT molecular complexity index is 457. The SMILES string of the molecule is CC1CCC(C(=O)O)C(C)N1Cc1ccc(CO)cc1.